The standard InChI is InChI=1S/C19H21FN2O2/c1-21-11-12-22(13-18(21)14-3-7-16(20)8-4-14)19(23)15-5-9-17(24-2)10-6-15/h3-10,18H,11-13H2,1-2H3. The van der Waals surface area contributed by atoms with Gasteiger partial charge < -0.3 is 9.64 Å². The Morgan fingerprint density at radius 2 is 1.75 bits per heavy atom. The minimum Gasteiger partial charge on any atom is -0.497 e. The fraction of sp³-hybridized carbons (Fsp3) is 0.316. The number of halogens is 1. The van der Waals surface area contributed by atoms with Gasteiger partial charge in [0.2, 0.25) is 0 Å². The number of hydrogen-bond acceptors (Lipinski definition) is 3. The first kappa shape index (κ1) is 16.5. The lowest BCUT2D eigenvalue weighted by molar-refractivity contribution is 0.0546. The van der Waals surface area contributed by atoms with Gasteiger partial charge in [0, 0.05) is 25.2 Å². The SMILES string of the molecule is COc1ccc(C(=O)N2CCN(C)C(c3ccc(F)cc3)C2)cc1. The number of carbonyl (C=O) groups is 1. The number of likely N-dealkylation sites (N-methyl/N-ethyl adjacent to an activating group) is 1. The Bertz CT molecular complexity index is 700. The molecule has 0 spiro atoms. The molecule has 0 saturated carbocycles. The van der Waals surface area contributed by atoms with E-state index in [1.54, 1.807) is 43.5 Å². The summed E-state index contributed by atoms with van der Waals surface area (Å²) in [5.41, 5.74) is 1.67. The molecule has 1 fully saturated rings. The van der Waals surface area contributed by atoms with E-state index in [1.807, 2.05) is 11.9 Å². The Labute approximate surface area is 141 Å². The van der Waals surface area contributed by atoms with Crippen LogP contribution in [0.5, 0.6) is 5.75 Å². The van der Waals surface area contributed by atoms with E-state index >= 15 is 0 Å². The fourth-order valence-electron chi connectivity index (χ4n) is 3.02. The van der Waals surface area contributed by atoms with Crippen molar-refractivity contribution < 1.29 is 13.9 Å². The maximum absolute atomic E-state index is 13.2. The van der Waals surface area contributed by atoms with Crippen LogP contribution in [0.1, 0.15) is 22.0 Å². The van der Waals surface area contributed by atoms with Crippen LogP contribution in [0.2, 0.25) is 0 Å². The summed E-state index contributed by atoms with van der Waals surface area (Å²) in [6, 6.07) is 13.7. The number of ether oxygens (including phenoxy) is 1. The Morgan fingerprint density at radius 1 is 1.08 bits per heavy atom. The van der Waals surface area contributed by atoms with Gasteiger partial charge in [-0.15, -0.1) is 0 Å². The van der Waals surface area contributed by atoms with E-state index in [0.717, 1.165) is 17.9 Å². The molecule has 3 rings (SSSR count). The molecule has 1 unspecified atom stereocenters. The maximum atomic E-state index is 13.2. The van der Waals surface area contributed by atoms with Gasteiger partial charge in [0.15, 0.2) is 0 Å². The summed E-state index contributed by atoms with van der Waals surface area (Å²) in [7, 11) is 3.63. The molecular formula is C19H21FN2O2. The predicted octanol–water partition coefficient (Wildman–Crippen LogP) is 2.96. The monoisotopic (exact) mass is 328 g/mol. The molecule has 0 radical (unpaired) electrons. The normalized spacial score (nSPS) is 18.5. The third-order valence-electron chi connectivity index (χ3n) is 4.53. The van der Waals surface area contributed by atoms with Crippen LogP contribution in [-0.4, -0.2) is 49.5 Å². The van der Waals surface area contributed by atoms with Crippen molar-refractivity contribution in [2.75, 3.05) is 33.8 Å². The summed E-state index contributed by atoms with van der Waals surface area (Å²) in [6.45, 7) is 2.05. The minimum absolute atomic E-state index is 0.0119. The van der Waals surface area contributed by atoms with E-state index in [-0.39, 0.29) is 17.8 Å². The van der Waals surface area contributed by atoms with E-state index in [1.165, 1.54) is 12.1 Å². The highest BCUT2D eigenvalue weighted by Gasteiger charge is 2.28. The zero-order valence-electron chi connectivity index (χ0n) is 13.9. The molecule has 1 saturated heterocycles. The molecule has 2 aromatic carbocycles. The number of hydrogen-bond donors (Lipinski definition) is 0. The Hall–Kier alpha value is -2.40. The smallest absolute Gasteiger partial charge is 0.253 e. The molecule has 4 nitrogen and oxygen atoms in total. The molecule has 1 heterocycles. The summed E-state index contributed by atoms with van der Waals surface area (Å²) in [4.78, 5) is 16.8. The van der Waals surface area contributed by atoms with Crippen LogP contribution in [0.4, 0.5) is 4.39 Å². The molecule has 1 aliphatic rings. The van der Waals surface area contributed by atoms with Crippen LogP contribution in [0, 0.1) is 5.82 Å². The largest absolute Gasteiger partial charge is 0.497 e. The lowest BCUT2D eigenvalue weighted by Crippen LogP contribution is -2.49. The fourth-order valence-corrected chi connectivity index (χ4v) is 3.02. The van der Waals surface area contributed by atoms with Crippen molar-refractivity contribution >= 4 is 5.91 Å². The number of piperazine rings is 1. The third-order valence-corrected chi connectivity index (χ3v) is 4.53. The molecule has 0 bridgehead atoms. The van der Waals surface area contributed by atoms with Crippen LogP contribution in [0.3, 0.4) is 0 Å². The number of amides is 1. The van der Waals surface area contributed by atoms with Gasteiger partial charge in [0.1, 0.15) is 11.6 Å². The molecule has 0 aliphatic carbocycles. The lowest BCUT2D eigenvalue weighted by Gasteiger charge is -2.39. The number of methoxy groups -OCH3 is 1. The first-order valence-corrected chi connectivity index (χ1v) is 7.97. The van der Waals surface area contributed by atoms with Gasteiger partial charge in [0.25, 0.3) is 5.91 Å². The molecule has 126 valence electrons. The van der Waals surface area contributed by atoms with Crippen LogP contribution < -0.4 is 4.74 Å². The third kappa shape index (κ3) is 3.41. The van der Waals surface area contributed by atoms with Crippen molar-refractivity contribution in [2.45, 2.75) is 6.04 Å². The molecule has 2 aromatic rings. The summed E-state index contributed by atoms with van der Waals surface area (Å²) >= 11 is 0. The summed E-state index contributed by atoms with van der Waals surface area (Å²) < 4.78 is 18.3. The second-order valence-corrected chi connectivity index (χ2v) is 6.03. The predicted molar refractivity (Wildman–Crippen MR) is 90.7 cm³/mol. The van der Waals surface area contributed by atoms with Gasteiger partial charge in [-0.3, -0.25) is 9.69 Å². The van der Waals surface area contributed by atoms with Crippen molar-refractivity contribution in [3.05, 3.63) is 65.5 Å². The molecule has 1 atom stereocenters. The Balaban J connectivity index is 1.76. The second-order valence-electron chi connectivity index (χ2n) is 6.03. The number of rotatable bonds is 3. The van der Waals surface area contributed by atoms with Gasteiger partial charge in [-0.05, 0) is 49.0 Å². The quantitative estimate of drug-likeness (QED) is 0.868. The second kappa shape index (κ2) is 7.01. The molecule has 24 heavy (non-hydrogen) atoms. The van der Waals surface area contributed by atoms with Gasteiger partial charge >= 0.3 is 0 Å². The van der Waals surface area contributed by atoms with E-state index in [4.69, 9.17) is 4.74 Å². The topological polar surface area (TPSA) is 32.8 Å². The van der Waals surface area contributed by atoms with Gasteiger partial charge in [-0.1, -0.05) is 12.1 Å². The van der Waals surface area contributed by atoms with Crippen molar-refractivity contribution in [3.63, 3.8) is 0 Å². The van der Waals surface area contributed by atoms with Gasteiger partial charge in [-0.25, -0.2) is 4.39 Å². The molecule has 0 N–H and O–H groups in total. The zero-order valence-corrected chi connectivity index (χ0v) is 13.9. The van der Waals surface area contributed by atoms with E-state index < -0.39 is 0 Å². The molecule has 0 aromatic heterocycles. The van der Waals surface area contributed by atoms with Gasteiger partial charge in [-0.2, -0.15) is 0 Å². The highest BCUT2D eigenvalue weighted by atomic mass is 19.1. The van der Waals surface area contributed by atoms with E-state index in [0.29, 0.717) is 18.7 Å². The summed E-state index contributed by atoms with van der Waals surface area (Å²) in [6.07, 6.45) is 0. The maximum Gasteiger partial charge on any atom is 0.253 e. The first-order valence-electron chi connectivity index (χ1n) is 7.97. The van der Waals surface area contributed by atoms with Crippen LogP contribution in [0.15, 0.2) is 48.5 Å². The Kier molecular flexibility index (Phi) is 4.81. The number of benzene rings is 2. The highest BCUT2D eigenvalue weighted by molar-refractivity contribution is 5.94. The average molecular weight is 328 g/mol. The zero-order chi connectivity index (χ0) is 17.1. The van der Waals surface area contributed by atoms with Crippen LogP contribution in [-0.2, 0) is 0 Å². The number of nitrogens with zero attached hydrogens (tertiary/aromatic N) is 2. The van der Waals surface area contributed by atoms with Crippen LogP contribution in [0.25, 0.3) is 0 Å². The minimum atomic E-state index is -0.247. The highest BCUT2D eigenvalue weighted by Crippen LogP contribution is 2.25. The average Bonchev–Trinajstić information content (AvgIpc) is 2.62. The van der Waals surface area contributed by atoms with Crippen molar-refractivity contribution in [1.29, 1.82) is 0 Å². The number of carbonyl (C=O) groups excluding carboxylic acids is 1. The molecule has 1 aliphatic heterocycles. The summed E-state index contributed by atoms with van der Waals surface area (Å²) in [5, 5.41) is 0. The van der Waals surface area contributed by atoms with Gasteiger partial charge in [0.05, 0.1) is 13.2 Å². The van der Waals surface area contributed by atoms with E-state index in [9.17, 15) is 9.18 Å². The van der Waals surface area contributed by atoms with Crippen LogP contribution >= 0.6 is 0 Å². The van der Waals surface area contributed by atoms with Crippen molar-refractivity contribution in [3.8, 4) is 5.75 Å². The molecule has 1 amide bonds. The Morgan fingerprint density at radius 3 is 2.38 bits per heavy atom. The summed E-state index contributed by atoms with van der Waals surface area (Å²) in [5.74, 6) is 0.496. The molecular weight excluding hydrogens is 307 g/mol. The molecule has 5 heteroatoms. The van der Waals surface area contributed by atoms with E-state index in [2.05, 4.69) is 4.90 Å². The van der Waals surface area contributed by atoms with Crippen molar-refractivity contribution in [2.24, 2.45) is 0 Å². The lowest BCUT2D eigenvalue weighted by atomic mass is 10.0. The first-order chi connectivity index (χ1) is 11.6. The van der Waals surface area contributed by atoms with Crippen molar-refractivity contribution in [1.82, 2.24) is 9.80 Å².